The van der Waals surface area contributed by atoms with Crippen molar-refractivity contribution in [1.82, 2.24) is 0 Å². The van der Waals surface area contributed by atoms with Crippen molar-refractivity contribution in [2.45, 2.75) is 39.2 Å². The summed E-state index contributed by atoms with van der Waals surface area (Å²) in [5.74, 6) is 1.38. The lowest BCUT2D eigenvalue weighted by molar-refractivity contribution is 0.0130. The van der Waals surface area contributed by atoms with Gasteiger partial charge in [-0.25, -0.2) is 0 Å². The van der Waals surface area contributed by atoms with Gasteiger partial charge in [0, 0.05) is 0 Å². The Kier molecular flexibility index (Phi) is 2.12. The minimum absolute atomic E-state index is 0.0346. The van der Waals surface area contributed by atoms with Gasteiger partial charge in [-0.3, -0.25) is 0 Å². The highest BCUT2D eigenvalue weighted by Crippen LogP contribution is 2.32. The number of rotatable bonds is 2. The Bertz CT molecular complexity index is 88.6. The van der Waals surface area contributed by atoms with Crippen molar-refractivity contribution >= 4 is 0 Å². The Balaban J connectivity index is 2.13. The molecule has 9 heavy (non-hydrogen) atoms. The summed E-state index contributed by atoms with van der Waals surface area (Å²) in [7, 11) is 0. The molecular weight excluding hydrogens is 112 g/mol. The highest BCUT2D eigenvalue weighted by Gasteiger charge is 2.28. The topological polar surface area (TPSA) is 20.2 Å². The fraction of sp³-hybridized carbons (Fsp3) is 1.00. The Morgan fingerprint density at radius 3 is 2.22 bits per heavy atom. The van der Waals surface area contributed by atoms with Gasteiger partial charge in [0.15, 0.2) is 0 Å². The number of hydrogen-bond donors (Lipinski definition) is 1. The number of aliphatic hydroxyl groups is 1. The Hall–Kier alpha value is -0.0400. The average Bonchev–Trinajstić information content (AvgIpc) is 1.79. The third-order valence-electron chi connectivity index (χ3n) is 2.15. The maximum absolute atomic E-state index is 9.16. The van der Waals surface area contributed by atoms with E-state index in [1.54, 1.807) is 0 Å². The third-order valence-corrected chi connectivity index (χ3v) is 2.15. The molecule has 1 N–H and O–H groups in total. The van der Waals surface area contributed by atoms with Crippen molar-refractivity contribution < 1.29 is 5.11 Å². The molecule has 0 aliphatic heterocycles. The zero-order valence-corrected chi connectivity index (χ0v) is 6.30. The van der Waals surface area contributed by atoms with E-state index in [-0.39, 0.29) is 6.10 Å². The Morgan fingerprint density at radius 2 is 2.11 bits per heavy atom. The van der Waals surface area contributed by atoms with Crippen LogP contribution in [0.3, 0.4) is 0 Å². The minimum atomic E-state index is 0.0346. The summed E-state index contributed by atoms with van der Waals surface area (Å²) in [5.41, 5.74) is 0. The van der Waals surface area contributed by atoms with Crippen LogP contribution in [0.4, 0.5) is 0 Å². The summed E-state index contributed by atoms with van der Waals surface area (Å²) in [5, 5.41) is 9.16. The van der Waals surface area contributed by atoms with E-state index in [0.717, 1.165) is 12.3 Å². The summed E-state index contributed by atoms with van der Waals surface area (Å²) in [4.78, 5) is 0. The van der Waals surface area contributed by atoms with Crippen LogP contribution in [-0.2, 0) is 0 Å². The Morgan fingerprint density at radius 1 is 1.44 bits per heavy atom. The summed E-state index contributed by atoms with van der Waals surface area (Å²) < 4.78 is 0. The predicted octanol–water partition coefficient (Wildman–Crippen LogP) is 1.80. The molecule has 0 amide bonds. The van der Waals surface area contributed by atoms with Crippen LogP contribution in [0.1, 0.15) is 33.1 Å². The van der Waals surface area contributed by atoms with Crippen molar-refractivity contribution in [2.24, 2.45) is 11.8 Å². The lowest BCUT2D eigenvalue weighted by Crippen LogP contribution is -2.31. The number of hydrogen-bond acceptors (Lipinski definition) is 1. The molecule has 2 atom stereocenters. The molecule has 1 aliphatic rings. The van der Waals surface area contributed by atoms with Crippen LogP contribution in [0.15, 0.2) is 0 Å². The van der Waals surface area contributed by atoms with Crippen LogP contribution in [0.2, 0.25) is 0 Å². The van der Waals surface area contributed by atoms with Gasteiger partial charge in [0.2, 0.25) is 0 Å². The second kappa shape index (κ2) is 2.70. The first-order chi connectivity index (χ1) is 4.20. The van der Waals surface area contributed by atoms with Crippen molar-refractivity contribution in [2.75, 3.05) is 0 Å². The van der Waals surface area contributed by atoms with Gasteiger partial charge >= 0.3 is 0 Å². The minimum Gasteiger partial charge on any atom is -0.393 e. The molecule has 0 saturated heterocycles. The van der Waals surface area contributed by atoms with Crippen LogP contribution < -0.4 is 0 Å². The van der Waals surface area contributed by atoms with E-state index >= 15 is 0 Å². The first-order valence-electron chi connectivity index (χ1n) is 3.88. The van der Waals surface area contributed by atoms with Gasteiger partial charge in [0.25, 0.3) is 0 Å². The molecule has 0 spiro atoms. The second-order valence-corrected chi connectivity index (χ2v) is 3.53. The lowest BCUT2D eigenvalue weighted by atomic mass is 9.77. The van der Waals surface area contributed by atoms with Crippen molar-refractivity contribution in [3.63, 3.8) is 0 Å². The molecule has 1 nitrogen and oxygen atoms in total. The Labute approximate surface area is 57.1 Å². The quantitative estimate of drug-likeness (QED) is 0.601. The standard InChI is InChI=1S/C8H16O/c1-6(2)5-7-3-4-8(7)9/h6-9H,3-5H2,1-2H3. The highest BCUT2D eigenvalue weighted by atomic mass is 16.3. The summed E-state index contributed by atoms with van der Waals surface area (Å²) >= 11 is 0. The van der Waals surface area contributed by atoms with Crippen LogP contribution in [0, 0.1) is 11.8 Å². The van der Waals surface area contributed by atoms with E-state index in [0.29, 0.717) is 5.92 Å². The summed E-state index contributed by atoms with van der Waals surface area (Å²) in [6.45, 7) is 4.43. The number of aliphatic hydroxyl groups excluding tert-OH is 1. The fourth-order valence-electron chi connectivity index (χ4n) is 1.43. The highest BCUT2D eigenvalue weighted by molar-refractivity contribution is 4.80. The van der Waals surface area contributed by atoms with Gasteiger partial charge < -0.3 is 5.11 Å². The molecule has 0 radical (unpaired) electrons. The first kappa shape index (κ1) is 7.07. The molecule has 0 aromatic heterocycles. The molecule has 0 bridgehead atoms. The molecule has 1 rings (SSSR count). The maximum atomic E-state index is 9.16. The van der Waals surface area contributed by atoms with Gasteiger partial charge in [-0.15, -0.1) is 0 Å². The molecule has 1 aliphatic carbocycles. The second-order valence-electron chi connectivity index (χ2n) is 3.53. The molecular formula is C8H16O. The van der Waals surface area contributed by atoms with Crippen LogP contribution >= 0.6 is 0 Å². The molecule has 0 aromatic carbocycles. The predicted molar refractivity (Wildman–Crippen MR) is 38.2 cm³/mol. The molecule has 1 heteroatoms. The van der Waals surface area contributed by atoms with Crippen molar-refractivity contribution in [1.29, 1.82) is 0 Å². The van der Waals surface area contributed by atoms with E-state index in [2.05, 4.69) is 13.8 Å². The molecule has 0 aromatic rings. The summed E-state index contributed by atoms with van der Waals surface area (Å²) in [6.07, 6.45) is 3.53. The molecule has 0 heterocycles. The van der Waals surface area contributed by atoms with E-state index in [9.17, 15) is 0 Å². The zero-order chi connectivity index (χ0) is 6.85. The van der Waals surface area contributed by atoms with Gasteiger partial charge in [0.05, 0.1) is 6.10 Å². The van der Waals surface area contributed by atoms with Crippen molar-refractivity contribution in [3.8, 4) is 0 Å². The largest absolute Gasteiger partial charge is 0.393 e. The maximum Gasteiger partial charge on any atom is 0.0568 e. The smallest absolute Gasteiger partial charge is 0.0568 e. The monoisotopic (exact) mass is 128 g/mol. The van der Waals surface area contributed by atoms with E-state index in [4.69, 9.17) is 5.11 Å². The van der Waals surface area contributed by atoms with Crippen LogP contribution in [0.5, 0.6) is 0 Å². The lowest BCUT2D eigenvalue weighted by Gasteiger charge is -2.33. The SMILES string of the molecule is CC(C)CC1CCC1O. The van der Waals surface area contributed by atoms with Gasteiger partial charge in [0.1, 0.15) is 0 Å². The van der Waals surface area contributed by atoms with E-state index in [1.807, 2.05) is 0 Å². The van der Waals surface area contributed by atoms with E-state index < -0.39 is 0 Å². The molecule has 1 fully saturated rings. The van der Waals surface area contributed by atoms with Crippen molar-refractivity contribution in [3.05, 3.63) is 0 Å². The van der Waals surface area contributed by atoms with Crippen LogP contribution in [0.25, 0.3) is 0 Å². The first-order valence-corrected chi connectivity index (χ1v) is 3.88. The third kappa shape index (κ3) is 1.68. The molecule has 54 valence electrons. The van der Waals surface area contributed by atoms with E-state index in [1.165, 1.54) is 12.8 Å². The fourth-order valence-corrected chi connectivity index (χ4v) is 1.43. The summed E-state index contributed by atoms with van der Waals surface area (Å²) in [6, 6.07) is 0. The normalized spacial score (nSPS) is 34.7. The zero-order valence-electron chi connectivity index (χ0n) is 6.30. The van der Waals surface area contributed by atoms with Gasteiger partial charge in [-0.1, -0.05) is 13.8 Å². The van der Waals surface area contributed by atoms with Crippen LogP contribution in [-0.4, -0.2) is 11.2 Å². The molecule has 1 saturated carbocycles. The van der Waals surface area contributed by atoms with Gasteiger partial charge in [-0.2, -0.15) is 0 Å². The molecule has 2 unspecified atom stereocenters. The van der Waals surface area contributed by atoms with Gasteiger partial charge in [-0.05, 0) is 31.1 Å². The average molecular weight is 128 g/mol.